The fourth-order valence-electron chi connectivity index (χ4n) is 2.50. The molecule has 104 valence electrons. The summed E-state index contributed by atoms with van der Waals surface area (Å²) in [5.41, 5.74) is 14.5. The molecule has 1 aliphatic rings. The van der Waals surface area contributed by atoms with E-state index in [-0.39, 0.29) is 5.96 Å². The standard InChI is InChI=1S/C14H17N5S/c1-8-4-2-3-5-9(8)10-6-7-11-12(17-10)20-14(18-11)19-13(15)16/h2-5,10,17H,6-7H2,1H3,(H4,15,16,18,19). The van der Waals surface area contributed by atoms with Gasteiger partial charge in [-0.15, -0.1) is 0 Å². The van der Waals surface area contributed by atoms with E-state index < -0.39 is 0 Å². The third-order valence-corrected chi connectivity index (χ3v) is 4.37. The maximum absolute atomic E-state index is 5.39. The van der Waals surface area contributed by atoms with Gasteiger partial charge in [0.2, 0.25) is 5.13 Å². The van der Waals surface area contributed by atoms with Crippen LogP contribution in [0.2, 0.25) is 0 Å². The minimum atomic E-state index is 0.0477. The van der Waals surface area contributed by atoms with Crippen molar-refractivity contribution in [2.24, 2.45) is 16.5 Å². The van der Waals surface area contributed by atoms with Gasteiger partial charge in [-0.05, 0) is 30.9 Å². The van der Waals surface area contributed by atoms with Gasteiger partial charge in [-0.1, -0.05) is 35.6 Å². The molecule has 0 spiro atoms. The Kier molecular flexibility index (Phi) is 3.31. The van der Waals surface area contributed by atoms with Crippen LogP contribution in [0.1, 0.15) is 29.3 Å². The van der Waals surface area contributed by atoms with Crippen LogP contribution in [0.3, 0.4) is 0 Å². The molecule has 1 atom stereocenters. The van der Waals surface area contributed by atoms with Gasteiger partial charge in [0.25, 0.3) is 0 Å². The van der Waals surface area contributed by atoms with E-state index in [2.05, 4.69) is 46.5 Å². The summed E-state index contributed by atoms with van der Waals surface area (Å²) in [7, 11) is 0. The number of aryl methyl sites for hydroxylation is 2. The summed E-state index contributed by atoms with van der Waals surface area (Å²) in [6.07, 6.45) is 1.97. The maximum Gasteiger partial charge on any atom is 0.214 e. The molecule has 0 saturated carbocycles. The monoisotopic (exact) mass is 287 g/mol. The van der Waals surface area contributed by atoms with Crippen LogP contribution in [0.25, 0.3) is 0 Å². The summed E-state index contributed by atoms with van der Waals surface area (Å²) >= 11 is 1.50. The molecule has 1 aromatic carbocycles. The van der Waals surface area contributed by atoms with Crippen molar-refractivity contribution in [3.05, 3.63) is 41.1 Å². The molecule has 0 bridgehead atoms. The van der Waals surface area contributed by atoms with Crippen molar-refractivity contribution in [1.29, 1.82) is 0 Å². The van der Waals surface area contributed by atoms with Gasteiger partial charge in [-0.25, -0.2) is 4.98 Å². The molecular weight excluding hydrogens is 270 g/mol. The van der Waals surface area contributed by atoms with E-state index in [0.29, 0.717) is 11.2 Å². The Morgan fingerprint density at radius 2 is 2.20 bits per heavy atom. The number of guanidine groups is 1. The van der Waals surface area contributed by atoms with E-state index >= 15 is 0 Å². The average Bonchev–Trinajstić information content (AvgIpc) is 2.79. The number of hydrogen-bond donors (Lipinski definition) is 3. The Morgan fingerprint density at radius 3 is 2.95 bits per heavy atom. The Hall–Kier alpha value is -2.08. The summed E-state index contributed by atoms with van der Waals surface area (Å²) in [5, 5.41) is 5.24. The first kappa shape index (κ1) is 12.9. The molecule has 20 heavy (non-hydrogen) atoms. The van der Waals surface area contributed by atoms with Gasteiger partial charge in [0, 0.05) is 0 Å². The molecule has 0 aliphatic carbocycles. The number of anilines is 1. The zero-order valence-corrected chi connectivity index (χ0v) is 12.1. The van der Waals surface area contributed by atoms with Crippen LogP contribution in [-0.4, -0.2) is 10.9 Å². The maximum atomic E-state index is 5.39. The number of nitrogens with zero attached hydrogens (tertiary/aromatic N) is 2. The van der Waals surface area contributed by atoms with E-state index in [9.17, 15) is 0 Å². The lowest BCUT2D eigenvalue weighted by Crippen LogP contribution is -2.21. The van der Waals surface area contributed by atoms with Gasteiger partial charge < -0.3 is 16.8 Å². The average molecular weight is 287 g/mol. The summed E-state index contributed by atoms with van der Waals surface area (Å²) in [4.78, 5) is 8.47. The Morgan fingerprint density at radius 1 is 1.40 bits per heavy atom. The number of hydrogen-bond acceptors (Lipinski definition) is 4. The fraction of sp³-hybridized carbons (Fsp3) is 0.286. The molecular formula is C14H17N5S. The molecule has 1 unspecified atom stereocenters. The second kappa shape index (κ2) is 5.13. The first-order chi connectivity index (χ1) is 9.63. The first-order valence-electron chi connectivity index (χ1n) is 6.55. The second-order valence-electron chi connectivity index (χ2n) is 4.90. The minimum Gasteiger partial charge on any atom is -0.370 e. The van der Waals surface area contributed by atoms with Gasteiger partial charge in [-0.3, -0.25) is 0 Å². The predicted octanol–water partition coefficient (Wildman–Crippen LogP) is 2.46. The first-order valence-corrected chi connectivity index (χ1v) is 7.36. The molecule has 5 nitrogen and oxygen atoms in total. The number of thiazole rings is 1. The van der Waals surface area contributed by atoms with Crippen LogP contribution in [0.4, 0.5) is 10.1 Å². The second-order valence-corrected chi connectivity index (χ2v) is 5.88. The highest BCUT2D eigenvalue weighted by Crippen LogP contribution is 2.39. The Labute approximate surface area is 121 Å². The van der Waals surface area contributed by atoms with Crippen molar-refractivity contribution in [3.63, 3.8) is 0 Å². The number of nitrogens with two attached hydrogens (primary N) is 2. The number of aliphatic imine (C=N–C) groups is 1. The third kappa shape index (κ3) is 2.46. The highest BCUT2D eigenvalue weighted by molar-refractivity contribution is 7.19. The normalized spacial score (nSPS) is 17.1. The van der Waals surface area contributed by atoms with Crippen molar-refractivity contribution in [3.8, 4) is 0 Å². The Bertz CT molecular complexity index is 657. The quantitative estimate of drug-likeness (QED) is 0.584. The topological polar surface area (TPSA) is 89.3 Å². The molecule has 5 N–H and O–H groups in total. The molecule has 0 radical (unpaired) electrons. The zero-order valence-electron chi connectivity index (χ0n) is 11.3. The van der Waals surface area contributed by atoms with E-state index in [1.54, 1.807) is 0 Å². The van der Waals surface area contributed by atoms with E-state index in [0.717, 1.165) is 23.5 Å². The van der Waals surface area contributed by atoms with Crippen LogP contribution in [0.5, 0.6) is 0 Å². The van der Waals surface area contributed by atoms with E-state index in [1.807, 2.05) is 0 Å². The molecule has 0 fully saturated rings. The van der Waals surface area contributed by atoms with Crippen LogP contribution in [-0.2, 0) is 6.42 Å². The van der Waals surface area contributed by atoms with Crippen LogP contribution in [0, 0.1) is 6.92 Å². The highest BCUT2D eigenvalue weighted by atomic mass is 32.1. The molecule has 0 saturated heterocycles. The van der Waals surface area contributed by atoms with Crippen LogP contribution >= 0.6 is 11.3 Å². The molecule has 3 rings (SSSR count). The lowest BCUT2D eigenvalue weighted by molar-refractivity contribution is 0.659. The number of nitrogens with one attached hydrogen (secondary N) is 1. The van der Waals surface area contributed by atoms with Crippen molar-refractivity contribution in [2.45, 2.75) is 25.8 Å². The summed E-state index contributed by atoms with van der Waals surface area (Å²) < 4.78 is 0. The van der Waals surface area contributed by atoms with Crippen molar-refractivity contribution >= 4 is 27.4 Å². The van der Waals surface area contributed by atoms with Crippen LogP contribution < -0.4 is 16.8 Å². The zero-order chi connectivity index (χ0) is 14.1. The molecule has 2 heterocycles. The lowest BCUT2D eigenvalue weighted by Gasteiger charge is -2.25. The minimum absolute atomic E-state index is 0.0477. The summed E-state index contributed by atoms with van der Waals surface area (Å²) in [6, 6.07) is 8.80. The SMILES string of the molecule is Cc1ccccc1C1CCc2nc(N=C(N)N)sc2N1. The lowest BCUT2D eigenvalue weighted by atomic mass is 9.95. The molecule has 1 aromatic heterocycles. The third-order valence-electron chi connectivity index (χ3n) is 3.45. The predicted molar refractivity (Wildman–Crippen MR) is 83.4 cm³/mol. The molecule has 6 heteroatoms. The molecule has 2 aromatic rings. The fourth-order valence-corrected chi connectivity index (χ4v) is 3.46. The number of aromatic nitrogens is 1. The largest absolute Gasteiger partial charge is 0.370 e. The van der Waals surface area contributed by atoms with Gasteiger partial charge in [0.15, 0.2) is 5.96 Å². The summed E-state index contributed by atoms with van der Waals surface area (Å²) in [5.74, 6) is 0.0477. The van der Waals surface area contributed by atoms with Gasteiger partial charge in [-0.2, -0.15) is 4.99 Å². The molecule has 0 amide bonds. The van der Waals surface area contributed by atoms with Gasteiger partial charge >= 0.3 is 0 Å². The van der Waals surface area contributed by atoms with E-state index in [1.165, 1.54) is 22.5 Å². The van der Waals surface area contributed by atoms with Gasteiger partial charge in [0.1, 0.15) is 5.00 Å². The van der Waals surface area contributed by atoms with Gasteiger partial charge in [0.05, 0.1) is 11.7 Å². The highest BCUT2D eigenvalue weighted by Gasteiger charge is 2.23. The smallest absolute Gasteiger partial charge is 0.214 e. The number of rotatable bonds is 2. The van der Waals surface area contributed by atoms with Crippen molar-refractivity contribution < 1.29 is 0 Å². The van der Waals surface area contributed by atoms with Crippen molar-refractivity contribution in [1.82, 2.24) is 4.98 Å². The molecule has 1 aliphatic heterocycles. The van der Waals surface area contributed by atoms with Crippen LogP contribution in [0.15, 0.2) is 29.3 Å². The number of benzene rings is 1. The number of fused-ring (bicyclic) bond motifs is 1. The Balaban J connectivity index is 1.87. The van der Waals surface area contributed by atoms with Crippen molar-refractivity contribution in [2.75, 3.05) is 5.32 Å². The van der Waals surface area contributed by atoms with E-state index in [4.69, 9.17) is 11.5 Å². The summed E-state index contributed by atoms with van der Waals surface area (Å²) in [6.45, 7) is 2.14.